The van der Waals surface area contributed by atoms with Gasteiger partial charge in [0.25, 0.3) is 0 Å². The molecule has 1 saturated heterocycles. The lowest BCUT2D eigenvalue weighted by Gasteiger charge is -2.40. The van der Waals surface area contributed by atoms with E-state index in [9.17, 15) is 15.0 Å². The lowest BCUT2D eigenvalue weighted by atomic mass is 10.00. The SMILES string of the molecule is COC(=O)c1c(C)c(I)c(O[C@H]2O[C@@H](C)[C@H](O)[C@@H](O)[C@H]2OC)c(OC)c1OC. The van der Waals surface area contributed by atoms with Crippen molar-refractivity contribution in [3.63, 3.8) is 0 Å². The summed E-state index contributed by atoms with van der Waals surface area (Å²) >= 11 is 2.02. The fraction of sp³-hybridized carbons (Fsp3) is 0.611. The van der Waals surface area contributed by atoms with E-state index in [2.05, 4.69) is 0 Å². The van der Waals surface area contributed by atoms with E-state index in [1.165, 1.54) is 28.4 Å². The van der Waals surface area contributed by atoms with Crippen LogP contribution in [0.1, 0.15) is 22.8 Å². The lowest BCUT2D eigenvalue weighted by Crippen LogP contribution is -2.59. The zero-order chi connectivity index (χ0) is 21.2. The molecule has 1 aliphatic heterocycles. The first-order valence-electron chi connectivity index (χ1n) is 8.46. The van der Waals surface area contributed by atoms with Gasteiger partial charge in [0.1, 0.15) is 23.9 Å². The molecular formula is C18H25IO9. The molecule has 1 fully saturated rings. The van der Waals surface area contributed by atoms with Crippen LogP contribution in [0.2, 0.25) is 0 Å². The van der Waals surface area contributed by atoms with Crippen LogP contribution >= 0.6 is 22.6 Å². The number of ether oxygens (including phenoxy) is 6. The predicted molar refractivity (Wildman–Crippen MR) is 106 cm³/mol. The first-order chi connectivity index (χ1) is 13.2. The van der Waals surface area contributed by atoms with Crippen molar-refractivity contribution >= 4 is 28.6 Å². The molecule has 0 radical (unpaired) electrons. The van der Waals surface area contributed by atoms with Crippen LogP contribution in [0.15, 0.2) is 0 Å². The maximum Gasteiger partial charge on any atom is 0.342 e. The molecule has 5 atom stereocenters. The molecule has 0 bridgehead atoms. The van der Waals surface area contributed by atoms with Crippen molar-refractivity contribution in [3.8, 4) is 17.2 Å². The molecule has 0 aromatic heterocycles. The van der Waals surface area contributed by atoms with E-state index in [-0.39, 0.29) is 22.8 Å². The van der Waals surface area contributed by atoms with Crippen molar-refractivity contribution in [1.29, 1.82) is 0 Å². The molecular weight excluding hydrogens is 487 g/mol. The Balaban J connectivity index is 2.56. The van der Waals surface area contributed by atoms with Crippen LogP contribution in [0.4, 0.5) is 0 Å². The van der Waals surface area contributed by atoms with Gasteiger partial charge in [0, 0.05) is 7.11 Å². The van der Waals surface area contributed by atoms with E-state index in [0.717, 1.165) is 0 Å². The molecule has 28 heavy (non-hydrogen) atoms. The van der Waals surface area contributed by atoms with Gasteiger partial charge in [-0.3, -0.25) is 0 Å². The number of aliphatic hydroxyl groups is 2. The van der Waals surface area contributed by atoms with Gasteiger partial charge in [0.2, 0.25) is 12.0 Å². The van der Waals surface area contributed by atoms with Crippen LogP contribution in [0.3, 0.4) is 0 Å². The fourth-order valence-electron chi connectivity index (χ4n) is 3.06. The Kier molecular flexibility index (Phi) is 7.73. The van der Waals surface area contributed by atoms with E-state index in [4.69, 9.17) is 28.4 Å². The summed E-state index contributed by atoms with van der Waals surface area (Å²) in [5, 5.41) is 20.3. The Morgan fingerprint density at radius 3 is 2.14 bits per heavy atom. The molecule has 9 nitrogen and oxygen atoms in total. The number of halogens is 1. The third-order valence-corrected chi connectivity index (χ3v) is 5.93. The minimum absolute atomic E-state index is 0.153. The number of carbonyl (C=O) groups is 1. The molecule has 10 heteroatoms. The minimum atomic E-state index is -1.21. The summed E-state index contributed by atoms with van der Waals surface area (Å²) in [6.07, 6.45) is -5.00. The second-order valence-electron chi connectivity index (χ2n) is 6.21. The molecule has 1 aromatic rings. The summed E-state index contributed by atoms with van der Waals surface area (Å²) in [7, 11) is 5.47. The van der Waals surface area contributed by atoms with Crippen molar-refractivity contribution in [2.24, 2.45) is 0 Å². The van der Waals surface area contributed by atoms with Crippen molar-refractivity contribution in [2.45, 2.75) is 44.6 Å². The Hall–Kier alpha value is -1.34. The van der Waals surface area contributed by atoms with Crippen LogP contribution in [0.25, 0.3) is 0 Å². The highest BCUT2D eigenvalue weighted by Crippen LogP contribution is 2.47. The highest BCUT2D eigenvalue weighted by molar-refractivity contribution is 14.1. The van der Waals surface area contributed by atoms with Crippen molar-refractivity contribution in [3.05, 3.63) is 14.7 Å². The van der Waals surface area contributed by atoms with Gasteiger partial charge in [-0.25, -0.2) is 4.79 Å². The summed E-state index contributed by atoms with van der Waals surface area (Å²) in [6, 6.07) is 0. The highest BCUT2D eigenvalue weighted by Gasteiger charge is 2.45. The van der Waals surface area contributed by atoms with E-state index in [0.29, 0.717) is 9.13 Å². The molecule has 0 saturated carbocycles. The van der Waals surface area contributed by atoms with Gasteiger partial charge >= 0.3 is 5.97 Å². The number of carbonyl (C=O) groups excluding carboxylic acids is 1. The number of rotatable bonds is 6. The molecule has 2 N–H and O–H groups in total. The number of benzene rings is 1. The number of aliphatic hydroxyl groups excluding tert-OH is 2. The standard InChI is InChI=1S/C18H25IO9/c1-7-9(17(22)26-6)13(23-3)16(25-5)14(10(7)19)28-18-15(24-4)12(21)11(20)8(2)27-18/h8,11-12,15,18,20-21H,1-6H3/t8-,11-,12+,15+,18+/m0/s1. The average Bonchev–Trinajstić information content (AvgIpc) is 2.69. The van der Waals surface area contributed by atoms with Gasteiger partial charge in [-0.15, -0.1) is 0 Å². The molecule has 1 aliphatic rings. The normalized spacial score (nSPS) is 27.2. The molecule has 0 aliphatic carbocycles. The zero-order valence-electron chi connectivity index (χ0n) is 16.5. The Morgan fingerprint density at radius 1 is 1.04 bits per heavy atom. The van der Waals surface area contributed by atoms with Crippen LogP contribution in [-0.2, 0) is 14.2 Å². The Morgan fingerprint density at radius 2 is 1.64 bits per heavy atom. The Bertz CT molecular complexity index is 724. The number of hydrogen-bond donors (Lipinski definition) is 2. The van der Waals surface area contributed by atoms with Gasteiger partial charge in [0.05, 0.1) is 31.0 Å². The van der Waals surface area contributed by atoms with Crippen molar-refractivity contribution < 1.29 is 43.4 Å². The molecule has 1 heterocycles. The maximum absolute atomic E-state index is 12.2. The van der Waals surface area contributed by atoms with E-state index >= 15 is 0 Å². The number of esters is 1. The monoisotopic (exact) mass is 512 g/mol. The second kappa shape index (κ2) is 9.44. The number of hydrogen-bond acceptors (Lipinski definition) is 9. The van der Waals surface area contributed by atoms with E-state index in [1.54, 1.807) is 13.8 Å². The van der Waals surface area contributed by atoms with Crippen LogP contribution in [0, 0.1) is 10.5 Å². The Labute approximate surface area is 176 Å². The van der Waals surface area contributed by atoms with Gasteiger partial charge < -0.3 is 38.6 Å². The average molecular weight is 512 g/mol. The topological polar surface area (TPSA) is 113 Å². The summed E-state index contributed by atoms with van der Waals surface area (Å²) in [5.74, 6) is 0.00574. The summed E-state index contributed by atoms with van der Waals surface area (Å²) in [4.78, 5) is 12.2. The van der Waals surface area contributed by atoms with Crippen molar-refractivity contribution in [1.82, 2.24) is 0 Å². The fourth-order valence-corrected chi connectivity index (χ4v) is 3.71. The molecule has 0 spiro atoms. The summed E-state index contributed by atoms with van der Waals surface area (Å²) < 4.78 is 33.3. The third-order valence-electron chi connectivity index (χ3n) is 4.63. The van der Waals surface area contributed by atoms with Crippen LogP contribution in [-0.4, -0.2) is 75.3 Å². The lowest BCUT2D eigenvalue weighted by molar-refractivity contribution is -0.274. The molecule has 0 unspecified atom stereocenters. The summed E-state index contributed by atoms with van der Waals surface area (Å²) in [5.41, 5.74) is 0.786. The molecule has 1 aromatic carbocycles. The van der Waals surface area contributed by atoms with Gasteiger partial charge in [0.15, 0.2) is 11.5 Å². The highest BCUT2D eigenvalue weighted by atomic mass is 127. The smallest absolute Gasteiger partial charge is 0.342 e. The van der Waals surface area contributed by atoms with E-state index < -0.39 is 36.7 Å². The third kappa shape index (κ3) is 4.01. The van der Waals surface area contributed by atoms with Gasteiger partial charge in [-0.2, -0.15) is 0 Å². The molecule has 2 rings (SSSR count). The van der Waals surface area contributed by atoms with Gasteiger partial charge in [-0.05, 0) is 42.0 Å². The van der Waals surface area contributed by atoms with E-state index in [1.807, 2.05) is 22.6 Å². The minimum Gasteiger partial charge on any atom is -0.492 e. The first-order valence-corrected chi connectivity index (χ1v) is 9.54. The van der Waals surface area contributed by atoms with Gasteiger partial charge in [-0.1, -0.05) is 0 Å². The van der Waals surface area contributed by atoms with Crippen LogP contribution in [0.5, 0.6) is 17.2 Å². The quantitative estimate of drug-likeness (QED) is 0.430. The first kappa shape index (κ1) is 22.9. The zero-order valence-corrected chi connectivity index (χ0v) is 18.7. The van der Waals surface area contributed by atoms with Crippen molar-refractivity contribution in [2.75, 3.05) is 28.4 Å². The largest absolute Gasteiger partial charge is 0.492 e. The van der Waals surface area contributed by atoms with Crippen LogP contribution < -0.4 is 14.2 Å². The molecule has 158 valence electrons. The second-order valence-corrected chi connectivity index (χ2v) is 7.29. The number of methoxy groups -OCH3 is 4. The maximum atomic E-state index is 12.2. The molecule has 0 amide bonds. The predicted octanol–water partition coefficient (Wildman–Crippen LogP) is 1.26. The summed E-state index contributed by atoms with van der Waals surface area (Å²) in [6.45, 7) is 3.34.